The largest absolute Gasteiger partial charge is 0.380 e. The van der Waals surface area contributed by atoms with E-state index in [9.17, 15) is 4.79 Å². The van der Waals surface area contributed by atoms with Crippen LogP contribution in [0.25, 0.3) is 0 Å². The third kappa shape index (κ3) is 4.94. The summed E-state index contributed by atoms with van der Waals surface area (Å²) in [7, 11) is 1.59. The third-order valence-corrected chi connectivity index (χ3v) is 3.32. The van der Waals surface area contributed by atoms with Gasteiger partial charge in [0.1, 0.15) is 0 Å². The summed E-state index contributed by atoms with van der Waals surface area (Å²) in [5, 5.41) is 2.98. The zero-order chi connectivity index (χ0) is 11.8. The summed E-state index contributed by atoms with van der Waals surface area (Å²) in [5.41, 5.74) is 5.47. The molecule has 1 aliphatic rings. The quantitative estimate of drug-likeness (QED) is 0.714. The fourth-order valence-electron chi connectivity index (χ4n) is 2.19. The molecule has 1 rings (SSSR count). The van der Waals surface area contributed by atoms with Gasteiger partial charge < -0.3 is 15.8 Å². The molecule has 1 aliphatic carbocycles. The first kappa shape index (κ1) is 13.5. The highest BCUT2D eigenvalue weighted by atomic mass is 16.5. The number of nitrogens with one attached hydrogen (secondary N) is 1. The molecule has 0 aromatic rings. The average Bonchev–Trinajstić information content (AvgIpc) is 2.34. The minimum absolute atomic E-state index is 0.0582. The lowest BCUT2D eigenvalue weighted by Gasteiger charge is -2.22. The Morgan fingerprint density at radius 3 is 2.69 bits per heavy atom. The number of rotatable bonds is 6. The van der Waals surface area contributed by atoms with E-state index >= 15 is 0 Å². The minimum atomic E-state index is -0.147. The van der Waals surface area contributed by atoms with E-state index in [1.54, 1.807) is 7.11 Å². The van der Waals surface area contributed by atoms with Gasteiger partial charge in [0, 0.05) is 20.2 Å². The van der Waals surface area contributed by atoms with E-state index < -0.39 is 0 Å². The van der Waals surface area contributed by atoms with Crippen LogP contribution >= 0.6 is 0 Å². The molecular weight excluding hydrogens is 204 g/mol. The molecule has 4 nitrogen and oxygen atoms in total. The Kier molecular flexibility index (Phi) is 6.42. The van der Waals surface area contributed by atoms with Crippen molar-refractivity contribution in [3.63, 3.8) is 0 Å². The van der Waals surface area contributed by atoms with E-state index in [1.807, 2.05) is 0 Å². The second-order valence-electron chi connectivity index (χ2n) is 4.61. The summed E-state index contributed by atoms with van der Waals surface area (Å²) in [4.78, 5) is 11.6. The van der Waals surface area contributed by atoms with Gasteiger partial charge in [-0.05, 0) is 18.8 Å². The maximum Gasteiger partial charge on any atom is 0.222 e. The Bertz CT molecular complexity index is 199. The van der Waals surface area contributed by atoms with Crippen molar-refractivity contribution in [2.45, 2.75) is 44.6 Å². The number of hydrogen-bond donors (Lipinski definition) is 2. The molecule has 1 amide bonds. The van der Waals surface area contributed by atoms with Gasteiger partial charge in [0.2, 0.25) is 5.91 Å². The molecular formula is C12H24N2O2. The fraction of sp³-hybridized carbons (Fsp3) is 0.917. The molecule has 16 heavy (non-hydrogen) atoms. The van der Waals surface area contributed by atoms with E-state index in [2.05, 4.69) is 5.32 Å². The molecule has 0 spiro atoms. The number of ether oxygens (including phenoxy) is 1. The highest BCUT2D eigenvalue weighted by Crippen LogP contribution is 2.22. The van der Waals surface area contributed by atoms with Crippen molar-refractivity contribution >= 4 is 5.91 Å². The first-order valence-electron chi connectivity index (χ1n) is 6.25. The lowest BCUT2D eigenvalue weighted by atomic mass is 9.89. The Morgan fingerprint density at radius 2 is 2.12 bits per heavy atom. The van der Waals surface area contributed by atoms with Gasteiger partial charge in [0.05, 0.1) is 12.5 Å². The number of nitrogens with two attached hydrogens (primary N) is 1. The normalized spacial score (nSPS) is 19.4. The smallest absolute Gasteiger partial charge is 0.222 e. The Labute approximate surface area is 97.9 Å². The molecule has 4 heteroatoms. The SMILES string of the molecule is COC(CN)CC(=O)NCC1CCCCC1. The van der Waals surface area contributed by atoms with Crippen molar-refractivity contribution in [1.82, 2.24) is 5.32 Å². The highest BCUT2D eigenvalue weighted by molar-refractivity contribution is 5.76. The van der Waals surface area contributed by atoms with E-state index in [-0.39, 0.29) is 12.0 Å². The molecule has 3 N–H and O–H groups in total. The van der Waals surface area contributed by atoms with Gasteiger partial charge in [0.25, 0.3) is 0 Å². The van der Waals surface area contributed by atoms with E-state index in [4.69, 9.17) is 10.5 Å². The molecule has 0 saturated heterocycles. The zero-order valence-corrected chi connectivity index (χ0v) is 10.2. The van der Waals surface area contributed by atoms with Crippen molar-refractivity contribution in [3.05, 3.63) is 0 Å². The molecule has 1 atom stereocenters. The molecule has 0 aliphatic heterocycles. The van der Waals surface area contributed by atoms with Crippen LogP contribution in [0.2, 0.25) is 0 Å². The van der Waals surface area contributed by atoms with E-state index in [0.717, 1.165) is 6.54 Å². The third-order valence-electron chi connectivity index (χ3n) is 3.32. The fourth-order valence-corrected chi connectivity index (χ4v) is 2.19. The Hall–Kier alpha value is -0.610. The van der Waals surface area contributed by atoms with Crippen molar-refractivity contribution in [3.8, 4) is 0 Å². The summed E-state index contributed by atoms with van der Waals surface area (Å²) in [5.74, 6) is 0.736. The van der Waals surface area contributed by atoms with E-state index in [1.165, 1.54) is 32.1 Å². The number of amides is 1. The van der Waals surface area contributed by atoms with Crippen molar-refractivity contribution in [1.29, 1.82) is 0 Å². The Balaban J connectivity index is 2.13. The molecule has 0 aromatic carbocycles. The summed E-state index contributed by atoms with van der Waals surface area (Å²) >= 11 is 0. The number of carbonyl (C=O) groups is 1. The summed E-state index contributed by atoms with van der Waals surface area (Å²) in [6, 6.07) is 0. The molecule has 0 bridgehead atoms. The molecule has 0 radical (unpaired) electrons. The number of methoxy groups -OCH3 is 1. The predicted molar refractivity (Wildman–Crippen MR) is 64.1 cm³/mol. The Morgan fingerprint density at radius 1 is 1.44 bits per heavy atom. The maximum absolute atomic E-state index is 11.6. The number of hydrogen-bond acceptors (Lipinski definition) is 3. The minimum Gasteiger partial charge on any atom is -0.380 e. The standard InChI is InChI=1S/C12H24N2O2/c1-16-11(8-13)7-12(15)14-9-10-5-3-2-4-6-10/h10-11H,2-9,13H2,1H3,(H,14,15). The first-order valence-corrected chi connectivity index (χ1v) is 6.25. The van der Waals surface area contributed by atoms with Crippen molar-refractivity contribution in [2.75, 3.05) is 20.2 Å². The lowest BCUT2D eigenvalue weighted by Crippen LogP contribution is -2.35. The van der Waals surface area contributed by atoms with Crippen LogP contribution < -0.4 is 11.1 Å². The second kappa shape index (κ2) is 7.63. The zero-order valence-electron chi connectivity index (χ0n) is 10.2. The van der Waals surface area contributed by atoms with Crippen LogP contribution in [0.1, 0.15) is 38.5 Å². The van der Waals surface area contributed by atoms with Gasteiger partial charge in [-0.3, -0.25) is 4.79 Å². The van der Waals surface area contributed by atoms with Crippen LogP contribution in [0.15, 0.2) is 0 Å². The lowest BCUT2D eigenvalue weighted by molar-refractivity contribution is -0.123. The van der Waals surface area contributed by atoms with Crippen LogP contribution in [0.3, 0.4) is 0 Å². The van der Waals surface area contributed by atoms with Crippen LogP contribution in [0.5, 0.6) is 0 Å². The molecule has 0 aromatic heterocycles. The van der Waals surface area contributed by atoms with Crippen LogP contribution in [0.4, 0.5) is 0 Å². The van der Waals surface area contributed by atoms with Gasteiger partial charge in [-0.25, -0.2) is 0 Å². The monoisotopic (exact) mass is 228 g/mol. The molecule has 1 saturated carbocycles. The van der Waals surface area contributed by atoms with Crippen LogP contribution in [0, 0.1) is 5.92 Å². The topological polar surface area (TPSA) is 64.3 Å². The second-order valence-corrected chi connectivity index (χ2v) is 4.61. The van der Waals surface area contributed by atoms with E-state index in [0.29, 0.717) is 18.9 Å². The van der Waals surface area contributed by atoms with Gasteiger partial charge in [-0.15, -0.1) is 0 Å². The van der Waals surface area contributed by atoms with Gasteiger partial charge in [-0.2, -0.15) is 0 Å². The number of carbonyl (C=O) groups excluding carboxylic acids is 1. The highest BCUT2D eigenvalue weighted by Gasteiger charge is 2.16. The van der Waals surface area contributed by atoms with Gasteiger partial charge >= 0.3 is 0 Å². The van der Waals surface area contributed by atoms with Crippen molar-refractivity contribution in [2.24, 2.45) is 11.7 Å². The molecule has 1 fully saturated rings. The van der Waals surface area contributed by atoms with Crippen LogP contribution in [-0.2, 0) is 9.53 Å². The first-order chi connectivity index (χ1) is 7.76. The predicted octanol–water partition coefficient (Wildman–Crippen LogP) is 1.05. The average molecular weight is 228 g/mol. The molecule has 0 heterocycles. The summed E-state index contributed by atoms with van der Waals surface area (Å²) < 4.78 is 5.08. The van der Waals surface area contributed by atoms with Gasteiger partial charge in [0.15, 0.2) is 0 Å². The van der Waals surface area contributed by atoms with Gasteiger partial charge in [-0.1, -0.05) is 19.3 Å². The summed E-state index contributed by atoms with van der Waals surface area (Å²) in [6.07, 6.45) is 6.71. The summed E-state index contributed by atoms with van der Waals surface area (Å²) in [6.45, 7) is 1.22. The maximum atomic E-state index is 11.6. The van der Waals surface area contributed by atoms with Crippen molar-refractivity contribution < 1.29 is 9.53 Å². The van der Waals surface area contributed by atoms with Crippen LogP contribution in [-0.4, -0.2) is 32.2 Å². The molecule has 94 valence electrons. The molecule has 1 unspecified atom stereocenters.